The lowest BCUT2D eigenvalue weighted by molar-refractivity contribution is -0.384. The molecule has 0 fully saturated rings. The fraction of sp³-hybridized carbons (Fsp3) is 0.0500. The van der Waals surface area contributed by atoms with E-state index in [1.54, 1.807) is 18.2 Å². The van der Waals surface area contributed by atoms with Gasteiger partial charge in [0.2, 0.25) is 5.91 Å². The van der Waals surface area contributed by atoms with Crippen molar-refractivity contribution in [2.45, 2.75) is 5.03 Å². The van der Waals surface area contributed by atoms with Crippen LogP contribution < -0.4 is 5.73 Å². The molecular formula is C20H14N4O3S. The second-order valence-electron chi connectivity index (χ2n) is 5.77. The van der Waals surface area contributed by atoms with E-state index in [9.17, 15) is 20.2 Å². The molecule has 3 aromatic rings. The van der Waals surface area contributed by atoms with Gasteiger partial charge in [-0.15, -0.1) is 0 Å². The Bertz CT molecular complexity index is 1080. The van der Waals surface area contributed by atoms with Crippen LogP contribution in [0.2, 0.25) is 0 Å². The molecule has 3 rings (SSSR count). The number of rotatable bonds is 6. The molecule has 0 atom stereocenters. The number of non-ortho nitro benzene ring substituents is 1. The van der Waals surface area contributed by atoms with Crippen molar-refractivity contribution in [3.8, 4) is 28.5 Å². The number of nitriles is 1. The van der Waals surface area contributed by atoms with E-state index >= 15 is 0 Å². The maximum atomic E-state index is 11.2. The van der Waals surface area contributed by atoms with Gasteiger partial charge < -0.3 is 5.73 Å². The minimum Gasteiger partial charge on any atom is -0.369 e. The van der Waals surface area contributed by atoms with Crippen molar-refractivity contribution in [3.05, 3.63) is 76.3 Å². The molecular weight excluding hydrogens is 376 g/mol. The van der Waals surface area contributed by atoms with Crippen molar-refractivity contribution >= 4 is 23.4 Å². The predicted octanol–water partition coefficient (Wildman–Crippen LogP) is 3.77. The Labute approximate surface area is 165 Å². The van der Waals surface area contributed by atoms with Gasteiger partial charge in [0.1, 0.15) is 11.1 Å². The van der Waals surface area contributed by atoms with Crippen LogP contribution in [0.15, 0.2) is 65.7 Å². The Morgan fingerprint density at radius 2 is 1.82 bits per heavy atom. The third kappa shape index (κ3) is 4.16. The first kappa shape index (κ1) is 19.1. The third-order valence-electron chi connectivity index (χ3n) is 3.91. The Morgan fingerprint density at radius 3 is 2.39 bits per heavy atom. The first-order chi connectivity index (χ1) is 13.5. The summed E-state index contributed by atoms with van der Waals surface area (Å²) < 4.78 is 0. The summed E-state index contributed by atoms with van der Waals surface area (Å²) in [6.07, 6.45) is 0. The van der Waals surface area contributed by atoms with Crippen LogP contribution in [0.3, 0.4) is 0 Å². The minimum absolute atomic E-state index is 0.0143. The van der Waals surface area contributed by atoms with Gasteiger partial charge >= 0.3 is 0 Å². The lowest BCUT2D eigenvalue weighted by Gasteiger charge is -2.12. The van der Waals surface area contributed by atoms with Crippen molar-refractivity contribution in [1.82, 2.24) is 4.98 Å². The standard InChI is InChI=1S/C20H14N4O3S/c21-11-17-16(13-6-8-15(9-7-13)24(26)27)10-18(14-4-2-1-3-5-14)23-20(17)28-12-19(22)25/h1-10H,12H2,(H2,22,25). The summed E-state index contributed by atoms with van der Waals surface area (Å²) in [6, 6.07) is 19.2. The van der Waals surface area contributed by atoms with Crippen LogP contribution in [0.25, 0.3) is 22.4 Å². The first-order valence-corrected chi connectivity index (χ1v) is 9.14. The highest BCUT2D eigenvalue weighted by molar-refractivity contribution is 8.00. The highest BCUT2D eigenvalue weighted by atomic mass is 32.2. The molecule has 1 heterocycles. The highest BCUT2D eigenvalue weighted by Gasteiger charge is 2.17. The number of nitro groups is 1. The zero-order valence-corrected chi connectivity index (χ0v) is 15.3. The number of hydrogen-bond acceptors (Lipinski definition) is 6. The lowest BCUT2D eigenvalue weighted by atomic mass is 9.99. The van der Waals surface area contributed by atoms with E-state index in [0.29, 0.717) is 27.4 Å². The Kier molecular flexibility index (Phi) is 5.67. The number of carbonyl (C=O) groups is 1. The van der Waals surface area contributed by atoms with Crippen molar-refractivity contribution in [3.63, 3.8) is 0 Å². The highest BCUT2D eigenvalue weighted by Crippen LogP contribution is 2.34. The van der Waals surface area contributed by atoms with E-state index in [4.69, 9.17) is 5.73 Å². The molecule has 0 spiro atoms. The molecule has 0 radical (unpaired) electrons. The summed E-state index contributed by atoms with van der Waals surface area (Å²) in [5.74, 6) is -0.530. The van der Waals surface area contributed by atoms with Crippen LogP contribution in [-0.2, 0) is 4.79 Å². The number of benzene rings is 2. The summed E-state index contributed by atoms with van der Waals surface area (Å²) in [4.78, 5) is 26.2. The molecule has 0 unspecified atom stereocenters. The third-order valence-corrected chi connectivity index (χ3v) is 4.91. The Morgan fingerprint density at radius 1 is 1.14 bits per heavy atom. The molecule has 8 heteroatoms. The summed E-state index contributed by atoms with van der Waals surface area (Å²) in [5, 5.41) is 21.0. The zero-order chi connectivity index (χ0) is 20.1. The predicted molar refractivity (Wildman–Crippen MR) is 106 cm³/mol. The molecule has 2 N–H and O–H groups in total. The topological polar surface area (TPSA) is 123 Å². The number of amides is 1. The summed E-state index contributed by atoms with van der Waals surface area (Å²) in [5.41, 5.74) is 8.18. The van der Waals surface area contributed by atoms with Crippen molar-refractivity contribution in [2.24, 2.45) is 5.73 Å². The number of aromatic nitrogens is 1. The number of hydrogen-bond donors (Lipinski definition) is 1. The van der Waals surface area contributed by atoms with E-state index in [2.05, 4.69) is 11.1 Å². The number of nitrogens with two attached hydrogens (primary N) is 1. The molecule has 7 nitrogen and oxygen atoms in total. The van der Waals surface area contributed by atoms with E-state index < -0.39 is 10.8 Å². The van der Waals surface area contributed by atoms with E-state index in [1.807, 2.05) is 30.3 Å². The van der Waals surface area contributed by atoms with Crippen LogP contribution >= 0.6 is 11.8 Å². The smallest absolute Gasteiger partial charge is 0.269 e. The molecule has 0 saturated carbocycles. The van der Waals surface area contributed by atoms with Gasteiger partial charge in [-0.05, 0) is 23.8 Å². The van der Waals surface area contributed by atoms with Crippen molar-refractivity contribution in [2.75, 3.05) is 5.75 Å². The van der Waals surface area contributed by atoms with Gasteiger partial charge in [-0.3, -0.25) is 14.9 Å². The van der Waals surface area contributed by atoms with Crippen molar-refractivity contribution < 1.29 is 9.72 Å². The van der Waals surface area contributed by atoms with E-state index in [-0.39, 0.29) is 11.4 Å². The molecule has 0 bridgehead atoms. The number of nitrogens with zero attached hydrogens (tertiary/aromatic N) is 3. The van der Waals surface area contributed by atoms with Gasteiger partial charge in [0.15, 0.2) is 0 Å². The van der Waals surface area contributed by atoms with Gasteiger partial charge in [0.25, 0.3) is 5.69 Å². The number of primary amides is 1. The van der Waals surface area contributed by atoms with E-state index in [1.165, 1.54) is 12.1 Å². The average molecular weight is 390 g/mol. The second-order valence-corrected chi connectivity index (χ2v) is 6.74. The largest absolute Gasteiger partial charge is 0.369 e. The van der Waals surface area contributed by atoms with Crippen LogP contribution in [0.4, 0.5) is 5.69 Å². The molecule has 1 amide bonds. The maximum Gasteiger partial charge on any atom is 0.269 e. The quantitative estimate of drug-likeness (QED) is 0.388. The minimum atomic E-state index is -0.516. The Balaban J connectivity index is 2.18. The molecule has 2 aromatic carbocycles. The SMILES string of the molecule is N#Cc1c(-c2ccc([N+](=O)[O-])cc2)cc(-c2ccccc2)nc1SCC(N)=O. The average Bonchev–Trinajstić information content (AvgIpc) is 2.72. The van der Waals surface area contributed by atoms with Gasteiger partial charge in [0.05, 0.1) is 21.9 Å². The summed E-state index contributed by atoms with van der Waals surface area (Å²) >= 11 is 1.09. The maximum absolute atomic E-state index is 11.2. The van der Waals surface area contributed by atoms with Gasteiger partial charge in [-0.25, -0.2) is 4.98 Å². The van der Waals surface area contributed by atoms with Gasteiger partial charge in [-0.2, -0.15) is 5.26 Å². The summed E-state index contributed by atoms with van der Waals surface area (Å²) in [6.45, 7) is 0. The number of pyridine rings is 1. The normalized spacial score (nSPS) is 10.2. The monoisotopic (exact) mass is 390 g/mol. The second kappa shape index (κ2) is 8.33. The van der Waals surface area contributed by atoms with Crippen LogP contribution in [0.1, 0.15) is 5.56 Å². The molecule has 0 aliphatic rings. The van der Waals surface area contributed by atoms with Crippen molar-refractivity contribution in [1.29, 1.82) is 5.26 Å². The zero-order valence-electron chi connectivity index (χ0n) is 14.5. The summed E-state index contributed by atoms with van der Waals surface area (Å²) in [7, 11) is 0. The molecule has 0 aliphatic carbocycles. The van der Waals surface area contributed by atoms with E-state index in [0.717, 1.165) is 17.3 Å². The molecule has 28 heavy (non-hydrogen) atoms. The lowest BCUT2D eigenvalue weighted by Crippen LogP contribution is -2.13. The van der Waals surface area contributed by atoms with Crippen LogP contribution in [-0.4, -0.2) is 21.6 Å². The molecule has 0 aliphatic heterocycles. The molecule has 1 aromatic heterocycles. The molecule has 0 saturated heterocycles. The Hall–Kier alpha value is -3.70. The fourth-order valence-corrected chi connectivity index (χ4v) is 3.36. The van der Waals surface area contributed by atoms with Crippen LogP contribution in [0.5, 0.6) is 0 Å². The molecule has 138 valence electrons. The number of carbonyl (C=O) groups excluding carboxylic acids is 1. The van der Waals surface area contributed by atoms with Gasteiger partial charge in [0, 0.05) is 23.3 Å². The first-order valence-electron chi connectivity index (χ1n) is 8.16. The van der Waals surface area contributed by atoms with Gasteiger partial charge in [-0.1, -0.05) is 42.1 Å². The number of nitro benzene ring substituents is 1. The van der Waals surface area contributed by atoms with Crippen LogP contribution in [0, 0.1) is 21.4 Å². The number of thioether (sulfide) groups is 1. The fourth-order valence-electron chi connectivity index (χ4n) is 2.62.